The molecule has 0 unspecified atom stereocenters. The zero-order chi connectivity index (χ0) is 10.8. The second-order valence-corrected chi connectivity index (χ2v) is 3.70. The van der Waals surface area contributed by atoms with E-state index in [1.54, 1.807) is 6.07 Å². The van der Waals surface area contributed by atoms with Gasteiger partial charge in [-0.25, -0.2) is 4.39 Å². The van der Waals surface area contributed by atoms with Crippen molar-refractivity contribution in [3.8, 4) is 5.75 Å². The predicted molar refractivity (Wildman–Crippen MR) is 55.0 cm³/mol. The van der Waals surface area contributed by atoms with Crippen molar-refractivity contribution in [1.29, 1.82) is 0 Å². The van der Waals surface area contributed by atoms with Gasteiger partial charge < -0.3 is 10.1 Å². The fourth-order valence-corrected chi connectivity index (χ4v) is 1.34. The summed E-state index contributed by atoms with van der Waals surface area (Å²) in [5.74, 6) is -0.0137. The Morgan fingerprint density at radius 1 is 1.36 bits per heavy atom. The van der Waals surface area contributed by atoms with Crippen LogP contribution in [-0.4, -0.2) is 14.2 Å². The van der Waals surface area contributed by atoms with E-state index in [2.05, 4.69) is 5.32 Å². The Bertz CT molecular complexity index is 323. The van der Waals surface area contributed by atoms with E-state index in [4.69, 9.17) is 4.74 Å². The molecule has 1 N–H and O–H groups in total. The molecular weight excluding hydrogens is 181 g/mol. The molecule has 0 saturated heterocycles. The van der Waals surface area contributed by atoms with Crippen molar-refractivity contribution < 1.29 is 9.13 Å². The molecule has 0 aromatic heterocycles. The number of halogens is 1. The summed E-state index contributed by atoms with van der Waals surface area (Å²) in [6.45, 7) is 3.95. The lowest BCUT2D eigenvalue weighted by atomic mass is 9.93. The lowest BCUT2D eigenvalue weighted by Crippen LogP contribution is -2.33. The van der Waals surface area contributed by atoms with Gasteiger partial charge in [0.15, 0.2) is 11.6 Å². The van der Waals surface area contributed by atoms with Crippen LogP contribution in [0, 0.1) is 5.82 Å². The van der Waals surface area contributed by atoms with Crippen LogP contribution < -0.4 is 10.1 Å². The number of hydrogen-bond acceptors (Lipinski definition) is 2. The average Bonchev–Trinajstić information content (AvgIpc) is 2.17. The molecule has 0 spiro atoms. The van der Waals surface area contributed by atoms with Gasteiger partial charge in [-0.2, -0.15) is 0 Å². The summed E-state index contributed by atoms with van der Waals surface area (Å²) < 4.78 is 18.4. The first-order valence-electron chi connectivity index (χ1n) is 4.55. The van der Waals surface area contributed by atoms with Gasteiger partial charge in [0.05, 0.1) is 7.11 Å². The Labute approximate surface area is 84.1 Å². The molecule has 0 amide bonds. The SMILES string of the molecule is CNC(C)(C)c1cccc(F)c1OC. The van der Waals surface area contributed by atoms with Gasteiger partial charge in [-0.05, 0) is 27.0 Å². The lowest BCUT2D eigenvalue weighted by Gasteiger charge is -2.26. The highest BCUT2D eigenvalue weighted by Gasteiger charge is 2.23. The summed E-state index contributed by atoms with van der Waals surface area (Å²) in [5.41, 5.74) is 0.524. The zero-order valence-corrected chi connectivity index (χ0v) is 9.02. The van der Waals surface area contributed by atoms with E-state index in [1.165, 1.54) is 13.2 Å². The second kappa shape index (κ2) is 3.96. The van der Waals surface area contributed by atoms with Crippen LogP contribution in [0.1, 0.15) is 19.4 Å². The van der Waals surface area contributed by atoms with E-state index in [1.807, 2.05) is 27.0 Å². The van der Waals surface area contributed by atoms with Gasteiger partial charge in [-0.15, -0.1) is 0 Å². The fourth-order valence-electron chi connectivity index (χ4n) is 1.34. The first kappa shape index (κ1) is 11.0. The molecule has 14 heavy (non-hydrogen) atoms. The van der Waals surface area contributed by atoms with Gasteiger partial charge in [-0.1, -0.05) is 12.1 Å². The van der Waals surface area contributed by atoms with Crippen LogP contribution in [0.3, 0.4) is 0 Å². The van der Waals surface area contributed by atoms with E-state index in [0.717, 1.165) is 5.56 Å². The van der Waals surface area contributed by atoms with Gasteiger partial charge in [0, 0.05) is 11.1 Å². The minimum atomic E-state index is -0.326. The number of methoxy groups -OCH3 is 1. The number of para-hydroxylation sites is 1. The van der Waals surface area contributed by atoms with E-state index >= 15 is 0 Å². The highest BCUT2D eigenvalue weighted by molar-refractivity contribution is 5.39. The average molecular weight is 197 g/mol. The van der Waals surface area contributed by atoms with Gasteiger partial charge >= 0.3 is 0 Å². The Morgan fingerprint density at radius 3 is 2.50 bits per heavy atom. The Balaban J connectivity index is 3.27. The van der Waals surface area contributed by atoms with E-state index in [-0.39, 0.29) is 11.4 Å². The topological polar surface area (TPSA) is 21.3 Å². The van der Waals surface area contributed by atoms with E-state index < -0.39 is 0 Å². The molecule has 0 aliphatic carbocycles. The smallest absolute Gasteiger partial charge is 0.165 e. The molecule has 1 aromatic rings. The van der Waals surface area contributed by atoms with Crippen molar-refractivity contribution in [3.05, 3.63) is 29.6 Å². The Morgan fingerprint density at radius 2 is 2.00 bits per heavy atom. The fraction of sp³-hybridized carbons (Fsp3) is 0.455. The van der Waals surface area contributed by atoms with Gasteiger partial charge in [0.25, 0.3) is 0 Å². The zero-order valence-electron chi connectivity index (χ0n) is 9.02. The minimum absolute atomic E-state index is 0.298. The van der Waals surface area contributed by atoms with Gasteiger partial charge in [0.2, 0.25) is 0 Å². The third kappa shape index (κ3) is 1.87. The molecule has 1 rings (SSSR count). The molecule has 0 aliphatic rings. The molecule has 0 atom stereocenters. The third-order valence-corrected chi connectivity index (χ3v) is 2.47. The summed E-state index contributed by atoms with van der Waals surface area (Å²) in [5, 5.41) is 3.11. The maximum Gasteiger partial charge on any atom is 0.165 e. The monoisotopic (exact) mass is 197 g/mol. The summed E-state index contributed by atoms with van der Waals surface area (Å²) in [7, 11) is 3.32. The molecule has 1 aromatic carbocycles. The van der Waals surface area contributed by atoms with Crippen molar-refractivity contribution in [3.63, 3.8) is 0 Å². The first-order chi connectivity index (χ1) is 6.53. The van der Waals surface area contributed by atoms with Gasteiger partial charge in [0.1, 0.15) is 0 Å². The van der Waals surface area contributed by atoms with Crippen LogP contribution in [-0.2, 0) is 5.54 Å². The molecule has 0 aliphatic heterocycles. The van der Waals surface area contributed by atoms with Crippen LogP contribution in [0.5, 0.6) is 5.75 Å². The second-order valence-electron chi connectivity index (χ2n) is 3.70. The first-order valence-corrected chi connectivity index (χ1v) is 4.55. The number of ether oxygens (including phenoxy) is 1. The molecule has 78 valence electrons. The summed E-state index contributed by atoms with van der Waals surface area (Å²) in [4.78, 5) is 0. The number of rotatable bonds is 3. The largest absolute Gasteiger partial charge is 0.493 e. The highest BCUT2D eigenvalue weighted by atomic mass is 19.1. The molecular formula is C11H16FNO. The molecule has 3 heteroatoms. The van der Waals surface area contributed by atoms with E-state index in [0.29, 0.717) is 5.75 Å². The van der Waals surface area contributed by atoms with Crippen LogP contribution >= 0.6 is 0 Å². The molecule has 0 bridgehead atoms. The van der Waals surface area contributed by atoms with Crippen LogP contribution in [0.2, 0.25) is 0 Å². The predicted octanol–water partition coefficient (Wildman–Crippen LogP) is 2.29. The maximum absolute atomic E-state index is 13.4. The molecule has 0 fully saturated rings. The molecule has 0 radical (unpaired) electrons. The Kier molecular flexibility index (Phi) is 3.11. The standard InChI is InChI=1S/C11H16FNO/c1-11(2,13-3)8-6-5-7-9(12)10(8)14-4/h5-7,13H,1-4H3. The lowest BCUT2D eigenvalue weighted by molar-refractivity contribution is 0.354. The van der Waals surface area contributed by atoms with Crippen molar-refractivity contribution in [2.45, 2.75) is 19.4 Å². The van der Waals surface area contributed by atoms with Crippen LogP contribution in [0.4, 0.5) is 4.39 Å². The summed E-state index contributed by atoms with van der Waals surface area (Å²) in [6, 6.07) is 4.94. The van der Waals surface area contributed by atoms with Crippen molar-refractivity contribution in [2.24, 2.45) is 0 Å². The molecule has 2 nitrogen and oxygen atoms in total. The Hall–Kier alpha value is -1.09. The summed E-state index contributed by atoms with van der Waals surface area (Å²) >= 11 is 0. The van der Waals surface area contributed by atoms with Crippen molar-refractivity contribution in [2.75, 3.05) is 14.2 Å². The quantitative estimate of drug-likeness (QED) is 0.802. The number of hydrogen-bond donors (Lipinski definition) is 1. The highest BCUT2D eigenvalue weighted by Crippen LogP contribution is 2.31. The molecule has 0 saturated carbocycles. The minimum Gasteiger partial charge on any atom is -0.493 e. The van der Waals surface area contributed by atoms with Crippen LogP contribution in [0.15, 0.2) is 18.2 Å². The number of nitrogens with one attached hydrogen (secondary N) is 1. The van der Waals surface area contributed by atoms with Crippen molar-refractivity contribution in [1.82, 2.24) is 5.32 Å². The summed E-state index contributed by atoms with van der Waals surface area (Å²) in [6.07, 6.45) is 0. The normalized spacial score (nSPS) is 11.5. The third-order valence-electron chi connectivity index (χ3n) is 2.47. The molecule has 0 heterocycles. The van der Waals surface area contributed by atoms with Gasteiger partial charge in [-0.3, -0.25) is 0 Å². The van der Waals surface area contributed by atoms with Crippen LogP contribution in [0.25, 0.3) is 0 Å². The van der Waals surface area contributed by atoms with Crippen molar-refractivity contribution >= 4 is 0 Å². The number of benzene rings is 1. The van der Waals surface area contributed by atoms with E-state index in [9.17, 15) is 4.39 Å². The maximum atomic E-state index is 13.4.